The molecule has 0 amide bonds. The van der Waals surface area contributed by atoms with Gasteiger partial charge in [-0.2, -0.15) is 0 Å². The number of nitrogens with zero attached hydrogens (tertiary/aromatic N) is 1. The van der Waals surface area contributed by atoms with E-state index in [0.29, 0.717) is 18.5 Å². The summed E-state index contributed by atoms with van der Waals surface area (Å²) in [6.07, 6.45) is 2.78. The molecule has 0 radical (unpaired) electrons. The van der Waals surface area contributed by atoms with Crippen molar-refractivity contribution in [3.05, 3.63) is 0 Å². The van der Waals surface area contributed by atoms with Gasteiger partial charge in [0.2, 0.25) is 0 Å². The van der Waals surface area contributed by atoms with Crippen LogP contribution in [0.3, 0.4) is 0 Å². The van der Waals surface area contributed by atoms with Gasteiger partial charge in [-0.1, -0.05) is 0 Å². The first-order valence-corrected chi connectivity index (χ1v) is 6.93. The highest BCUT2D eigenvalue weighted by Crippen LogP contribution is 2.15. The number of piperidine rings is 1. The van der Waals surface area contributed by atoms with Gasteiger partial charge in [0, 0.05) is 18.6 Å². The molecule has 0 aromatic heterocycles. The number of rotatable bonds is 4. The van der Waals surface area contributed by atoms with Crippen LogP contribution in [0, 0.1) is 0 Å². The van der Waals surface area contributed by atoms with Gasteiger partial charge in [-0.3, -0.25) is 4.79 Å². The second kappa shape index (κ2) is 6.53. The van der Waals surface area contributed by atoms with Crippen LogP contribution in [0.4, 0.5) is 0 Å². The van der Waals surface area contributed by atoms with E-state index in [0.717, 1.165) is 25.9 Å². The summed E-state index contributed by atoms with van der Waals surface area (Å²) in [5, 5.41) is 3.46. The molecule has 4 heteroatoms. The van der Waals surface area contributed by atoms with Crippen molar-refractivity contribution in [1.82, 2.24) is 10.2 Å². The Morgan fingerprint density at radius 3 is 2.67 bits per heavy atom. The highest BCUT2D eigenvalue weighted by Gasteiger charge is 2.22. The Hall–Kier alpha value is -0.610. The number of carbonyl (C=O) groups excluding carboxylic acids is 1. The summed E-state index contributed by atoms with van der Waals surface area (Å²) in [6.45, 7) is 9.80. The molecule has 0 bridgehead atoms. The van der Waals surface area contributed by atoms with Crippen LogP contribution in [0.2, 0.25) is 0 Å². The lowest BCUT2D eigenvalue weighted by molar-refractivity contribution is -0.154. The van der Waals surface area contributed by atoms with Crippen molar-refractivity contribution in [1.29, 1.82) is 0 Å². The maximum absolute atomic E-state index is 11.5. The number of hydrogen-bond donors (Lipinski definition) is 1. The van der Waals surface area contributed by atoms with Crippen LogP contribution < -0.4 is 5.32 Å². The van der Waals surface area contributed by atoms with Crippen molar-refractivity contribution in [3.8, 4) is 0 Å². The van der Waals surface area contributed by atoms with Crippen molar-refractivity contribution >= 4 is 5.97 Å². The van der Waals surface area contributed by atoms with Crippen LogP contribution in [0.1, 0.15) is 47.0 Å². The molecule has 1 aliphatic heterocycles. The highest BCUT2D eigenvalue weighted by atomic mass is 16.6. The molecule has 1 saturated heterocycles. The fourth-order valence-electron chi connectivity index (χ4n) is 2.25. The number of nitrogens with one attached hydrogen (secondary N) is 1. The Morgan fingerprint density at radius 1 is 1.44 bits per heavy atom. The average Bonchev–Trinajstić information content (AvgIpc) is 2.20. The highest BCUT2D eigenvalue weighted by molar-refractivity contribution is 5.70. The lowest BCUT2D eigenvalue weighted by Gasteiger charge is -2.35. The van der Waals surface area contributed by atoms with Gasteiger partial charge in [0.25, 0.3) is 0 Å². The Kier molecular flexibility index (Phi) is 5.60. The summed E-state index contributed by atoms with van der Waals surface area (Å²) in [4.78, 5) is 13.9. The summed E-state index contributed by atoms with van der Waals surface area (Å²) < 4.78 is 5.28. The van der Waals surface area contributed by atoms with Crippen LogP contribution in [-0.4, -0.2) is 48.7 Å². The van der Waals surface area contributed by atoms with E-state index in [-0.39, 0.29) is 11.6 Å². The Bertz CT molecular complexity index is 273. The normalized spacial score (nSPS) is 26.1. The molecule has 0 aromatic carbocycles. The molecule has 2 unspecified atom stereocenters. The molecule has 1 aliphatic rings. The van der Waals surface area contributed by atoms with Crippen LogP contribution in [0.25, 0.3) is 0 Å². The zero-order chi connectivity index (χ0) is 13.8. The van der Waals surface area contributed by atoms with Crippen LogP contribution in [-0.2, 0) is 9.53 Å². The van der Waals surface area contributed by atoms with Crippen LogP contribution >= 0.6 is 0 Å². The maximum atomic E-state index is 11.5. The molecular weight excluding hydrogens is 228 g/mol. The Morgan fingerprint density at radius 2 is 2.11 bits per heavy atom. The minimum Gasteiger partial charge on any atom is -0.460 e. The molecule has 106 valence electrons. The van der Waals surface area contributed by atoms with E-state index in [9.17, 15) is 4.79 Å². The van der Waals surface area contributed by atoms with Crippen molar-refractivity contribution in [2.24, 2.45) is 0 Å². The summed E-state index contributed by atoms with van der Waals surface area (Å²) >= 11 is 0. The minimum atomic E-state index is -0.376. The van der Waals surface area contributed by atoms with Crippen molar-refractivity contribution in [3.63, 3.8) is 0 Å². The smallest absolute Gasteiger partial charge is 0.307 e. The fourth-order valence-corrected chi connectivity index (χ4v) is 2.25. The first kappa shape index (κ1) is 15.4. The van der Waals surface area contributed by atoms with E-state index < -0.39 is 0 Å². The van der Waals surface area contributed by atoms with Gasteiger partial charge in [0.05, 0.1) is 6.42 Å². The van der Waals surface area contributed by atoms with Crippen molar-refractivity contribution in [2.45, 2.75) is 64.6 Å². The molecule has 4 nitrogen and oxygen atoms in total. The number of esters is 1. The van der Waals surface area contributed by atoms with E-state index in [1.807, 2.05) is 20.8 Å². The molecule has 0 saturated carbocycles. The lowest BCUT2D eigenvalue weighted by atomic mass is 9.99. The van der Waals surface area contributed by atoms with Crippen molar-refractivity contribution < 1.29 is 9.53 Å². The molecule has 1 fully saturated rings. The zero-order valence-electron chi connectivity index (χ0n) is 12.5. The van der Waals surface area contributed by atoms with Gasteiger partial charge >= 0.3 is 5.97 Å². The van der Waals surface area contributed by atoms with Gasteiger partial charge in [0.1, 0.15) is 5.60 Å². The van der Waals surface area contributed by atoms with Gasteiger partial charge in [-0.05, 0) is 54.1 Å². The van der Waals surface area contributed by atoms with E-state index >= 15 is 0 Å². The van der Waals surface area contributed by atoms with Gasteiger partial charge < -0.3 is 15.0 Å². The third-order valence-electron chi connectivity index (χ3n) is 3.39. The molecule has 2 atom stereocenters. The maximum Gasteiger partial charge on any atom is 0.307 e. The Labute approximate surface area is 111 Å². The molecule has 1 heterocycles. The minimum absolute atomic E-state index is 0.115. The molecular formula is C14H28N2O2. The predicted octanol–water partition coefficient (Wildman–Crippen LogP) is 1.79. The SMILES string of the molecule is CC1CC(NCCC(=O)OC(C)(C)C)CCN1C. The third-order valence-corrected chi connectivity index (χ3v) is 3.39. The molecule has 18 heavy (non-hydrogen) atoms. The predicted molar refractivity (Wildman–Crippen MR) is 73.6 cm³/mol. The molecule has 0 aliphatic carbocycles. The lowest BCUT2D eigenvalue weighted by Crippen LogP contribution is -2.46. The summed E-state index contributed by atoms with van der Waals surface area (Å²) in [6, 6.07) is 1.16. The number of ether oxygens (including phenoxy) is 1. The third kappa shape index (κ3) is 5.83. The zero-order valence-corrected chi connectivity index (χ0v) is 12.5. The average molecular weight is 256 g/mol. The topological polar surface area (TPSA) is 41.6 Å². The number of carbonyl (C=O) groups is 1. The van der Waals surface area contributed by atoms with E-state index in [1.54, 1.807) is 0 Å². The first-order chi connectivity index (χ1) is 8.28. The Balaban J connectivity index is 2.16. The number of likely N-dealkylation sites (tertiary alicyclic amines) is 1. The monoisotopic (exact) mass is 256 g/mol. The standard InChI is InChI=1S/C14H28N2O2/c1-11-10-12(7-9-16(11)5)15-8-6-13(17)18-14(2,3)4/h11-12,15H,6-10H2,1-5H3. The first-order valence-electron chi connectivity index (χ1n) is 6.93. The summed E-state index contributed by atoms with van der Waals surface area (Å²) in [5.41, 5.74) is -0.376. The molecule has 1 N–H and O–H groups in total. The van der Waals surface area contributed by atoms with Gasteiger partial charge in [-0.25, -0.2) is 0 Å². The van der Waals surface area contributed by atoms with E-state index in [1.165, 1.54) is 0 Å². The quantitative estimate of drug-likeness (QED) is 0.779. The van der Waals surface area contributed by atoms with Gasteiger partial charge in [0.15, 0.2) is 0 Å². The molecule has 0 aromatic rings. The van der Waals surface area contributed by atoms with Gasteiger partial charge in [-0.15, -0.1) is 0 Å². The summed E-state index contributed by atoms with van der Waals surface area (Å²) in [5.74, 6) is -0.115. The molecule has 0 spiro atoms. The second-order valence-electron chi connectivity index (χ2n) is 6.34. The fraction of sp³-hybridized carbons (Fsp3) is 0.929. The summed E-state index contributed by atoms with van der Waals surface area (Å²) in [7, 11) is 2.17. The molecule has 1 rings (SSSR count). The second-order valence-corrected chi connectivity index (χ2v) is 6.34. The van der Waals surface area contributed by atoms with Crippen LogP contribution in [0.15, 0.2) is 0 Å². The van der Waals surface area contributed by atoms with E-state index in [4.69, 9.17) is 4.74 Å². The number of hydrogen-bond acceptors (Lipinski definition) is 4. The largest absolute Gasteiger partial charge is 0.460 e. The van der Waals surface area contributed by atoms with Crippen molar-refractivity contribution in [2.75, 3.05) is 20.1 Å². The van der Waals surface area contributed by atoms with Crippen LogP contribution in [0.5, 0.6) is 0 Å². The van der Waals surface area contributed by atoms with E-state index in [2.05, 4.69) is 24.2 Å².